The Balaban J connectivity index is 2.69. The molecular formula is C14H9F3O. The number of rotatable bonds is 2. The molecule has 2 aromatic carbocycles. The number of aldehydes is 1. The van der Waals surface area contributed by atoms with E-state index in [2.05, 4.69) is 0 Å². The van der Waals surface area contributed by atoms with E-state index in [1.807, 2.05) is 0 Å². The molecule has 0 aliphatic rings. The standard InChI is InChI=1S/C14H9F3O/c1-8-2-3-9(7-18)6-11(8)10-4-5-12(15)14(17)13(10)16/h2-7H,1H3. The molecule has 4 heteroatoms. The summed E-state index contributed by atoms with van der Waals surface area (Å²) in [6.07, 6.45) is 0.612. The van der Waals surface area contributed by atoms with Crippen LogP contribution in [0.25, 0.3) is 11.1 Å². The molecule has 0 amide bonds. The van der Waals surface area contributed by atoms with Crippen molar-refractivity contribution in [3.63, 3.8) is 0 Å². The molecule has 0 spiro atoms. The van der Waals surface area contributed by atoms with Crippen molar-refractivity contribution in [1.82, 2.24) is 0 Å². The third-order valence-corrected chi connectivity index (χ3v) is 2.72. The lowest BCUT2D eigenvalue weighted by molar-refractivity contribution is 0.112. The van der Waals surface area contributed by atoms with Gasteiger partial charge in [0.2, 0.25) is 0 Å². The minimum absolute atomic E-state index is 0.0601. The van der Waals surface area contributed by atoms with Gasteiger partial charge in [0.15, 0.2) is 17.5 Å². The van der Waals surface area contributed by atoms with Crippen LogP contribution in [0.3, 0.4) is 0 Å². The number of hydrogen-bond acceptors (Lipinski definition) is 1. The topological polar surface area (TPSA) is 17.1 Å². The molecule has 0 heterocycles. The van der Waals surface area contributed by atoms with Crippen LogP contribution in [-0.2, 0) is 0 Å². The third-order valence-electron chi connectivity index (χ3n) is 2.72. The quantitative estimate of drug-likeness (QED) is 0.583. The van der Waals surface area contributed by atoms with Gasteiger partial charge in [-0.15, -0.1) is 0 Å². The summed E-state index contributed by atoms with van der Waals surface area (Å²) in [5, 5.41) is 0. The highest BCUT2D eigenvalue weighted by atomic mass is 19.2. The van der Waals surface area contributed by atoms with Crippen LogP contribution in [0, 0.1) is 24.4 Å². The Kier molecular flexibility index (Phi) is 3.19. The molecule has 2 rings (SSSR count). The van der Waals surface area contributed by atoms with Crippen LogP contribution in [-0.4, -0.2) is 6.29 Å². The fourth-order valence-corrected chi connectivity index (χ4v) is 1.74. The molecule has 0 aliphatic carbocycles. The molecule has 0 aromatic heterocycles. The van der Waals surface area contributed by atoms with Gasteiger partial charge in [-0.2, -0.15) is 0 Å². The van der Waals surface area contributed by atoms with Crippen molar-refractivity contribution in [2.24, 2.45) is 0 Å². The average molecular weight is 250 g/mol. The smallest absolute Gasteiger partial charge is 0.195 e. The van der Waals surface area contributed by atoms with Crippen LogP contribution in [0.4, 0.5) is 13.2 Å². The normalized spacial score (nSPS) is 10.4. The Morgan fingerprint density at radius 2 is 1.67 bits per heavy atom. The van der Waals surface area contributed by atoms with Crippen LogP contribution < -0.4 is 0 Å². The Hall–Kier alpha value is -2.10. The Morgan fingerprint density at radius 3 is 2.33 bits per heavy atom. The lowest BCUT2D eigenvalue weighted by Gasteiger charge is -2.09. The van der Waals surface area contributed by atoms with Crippen molar-refractivity contribution in [3.8, 4) is 11.1 Å². The SMILES string of the molecule is Cc1ccc(C=O)cc1-c1ccc(F)c(F)c1F. The van der Waals surface area contributed by atoms with E-state index in [1.54, 1.807) is 19.1 Å². The second-order valence-corrected chi connectivity index (χ2v) is 3.92. The van der Waals surface area contributed by atoms with E-state index in [0.29, 0.717) is 23.0 Å². The first-order chi connectivity index (χ1) is 8.54. The molecule has 2 aromatic rings. The minimum atomic E-state index is -1.51. The van der Waals surface area contributed by atoms with Gasteiger partial charge in [0.1, 0.15) is 6.29 Å². The van der Waals surface area contributed by atoms with Crippen molar-refractivity contribution in [1.29, 1.82) is 0 Å². The van der Waals surface area contributed by atoms with Crippen LogP contribution in [0.15, 0.2) is 30.3 Å². The average Bonchev–Trinajstić information content (AvgIpc) is 2.37. The van der Waals surface area contributed by atoms with Crippen molar-refractivity contribution in [2.45, 2.75) is 6.92 Å². The first-order valence-electron chi connectivity index (χ1n) is 5.24. The van der Waals surface area contributed by atoms with Crippen LogP contribution in [0.1, 0.15) is 15.9 Å². The summed E-state index contributed by atoms with van der Waals surface area (Å²) >= 11 is 0. The first-order valence-corrected chi connectivity index (χ1v) is 5.24. The highest BCUT2D eigenvalue weighted by molar-refractivity contribution is 5.80. The van der Waals surface area contributed by atoms with Crippen LogP contribution >= 0.6 is 0 Å². The predicted molar refractivity (Wildman–Crippen MR) is 61.9 cm³/mol. The van der Waals surface area contributed by atoms with Crippen molar-refractivity contribution in [2.75, 3.05) is 0 Å². The molecule has 0 saturated carbocycles. The van der Waals surface area contributed by atoms with Gasteiger partial charge in [-0.25, -0.2) is 13.2 Å². The summed E-state index contributed by atoms with van der Waals surface area (Å²) in [6, 6.07) is 6.66. The first kappa shape index (κ1) is 12.4. The van der Waals surface area contributed by atoms with Gasteiger partial charge in [0.05, 0.1) is 0 Å². The van der Waals surface area contributed by atoms with E-state index < -0.39 is 17.5 Å². The highest BCUT2D eigenvalue weighted by Crippen LogP contribution is 2.29. The second-order valence-electron chi connectivity index (χ2n) is 3.92. The lowest BCUT2D eigenvalue weighted by Crippen LogP contribution is -1.96. The molecular weight excluding hydrogens is 241 g/mol. The summed E-state index contributed by atoms with van der Waals surface area (Å²) in [5.74, 6) is -4.00. The number of halogens is 3. The Bertz CT molecular complexity index is 621. The summed E-state index contributed by atoms with van der Waals surface area (Å²) in [4.78, 5) is 10.7. The summed E-state index contributed by atoms with van der Waals surface area (Å²) < 4.78 is 39.7. The maximum absolute atomic E-state index is 13.7. The van der Waals surface area contributed by atoms with Gasteiger partial charge in [-0.3, -0.25) is 4.79 Å². The van der Waals surface area contributed by atoms with E-state index in [9.17, 15) is 18.0 Å². The number of hydrogen-bond donors (Lipinski definition) is 0. The van der Waals surface area contributed by atoms with Crippen LogP contribution in [0.5, 0.6) is 0 Å². The number of aryl methyl sites for hydroxylation is 1. The molecule has 92 valence electrons. The van der Waals surface area contributed by atoms with Gasteiger partial charge in [0.25, 0.3) is 0 Å². The van der Waals surface area contributed by atoms with Gasteiger partial charge in [-0.1, -0.05) is 12.1 Å². The molecule has 0 fully saturated rings. The zero-order chi connectivity index (χ0) is 13.3. The molecule has 1 nitrogen and oxygen atoms in total. The maximum Gasteiger partial charge on any atom is 0.195 e. The van der Waals surface area contributed by atoms with E-state index in [1.165, 1.54) is 6.07 Å². The predicted octanol–water partition coefficient (Wildman–Crippen LogP) is 3.89. The molecule has 0 atom stereocenters. The maximum atomic E-state index is 13.7. The van der Waals surface area contributed by atoms with Crippen molar-refractivity contribution >= 4 is 6.29 Å². The van der Waals surface area contributed by atoms with E-state index in [4.69, 9.17) is 0 Å². The Morgan fingerprint density at radius 1 is 0.944 bits per heavy atom. The third kappa shape index (κ3) is 2.01. The fourth-order valence-electron chi connectivity index (χ4n) is 1.74. The van der Waals surface area contributed by atoms with Crippen molar-refractivity contribution < 1.29 is 18.0 Å². The van der Waals surface area contributed by atoms with E-state index in [0.717, 1.165) is 12.1 Å². The molecule has 0 radical (unpaired) electrons. The largest absolute Gasteiger partial charge is 0.298 e. The fraction of sp³-hybridized carbons (Fsp3) is 0.0714. The lowest BCUT2D eigenvalue weighted by atomic mass is 9.98. The summed E-state index contributed by atoms with van der Waals surface area (Å²) in [6.45, 7) is 1.70. The minimum Gasteiger partial charge on any atom is -0.298 e. The zero-order valence-electron chi connectivity index (χ0n) is 9.51. The highest BCUT2D eigenvalue weighted by Gasteiger charge is 2.16. The van der Waals surface area contributed by atoms with E-state index >= 15 is 0 Å². The van der Waals surface area contributed by atoms with Gasteiger partial charge in [0, 0.05) is 11.1 Å². The summed E-state index contributed by atoms with van der Waals surface area (Å²) in [7, 11) is 0. The molecule has 0 unspecified atom stereocenters. The van der Waals surface area contributed by atoms with E-state index in [-0.39, 0.29) is 5.56 Å². The Labute approximate surface area is 102 Å². The van der Waals surface area contributed by atoms with Crippen molar-refractivity contribution in [3.05, 3.63) is 58.9 Å². The number of carbonyl (C=O) groups is 1. The summed E-state index contributed by atoms with van der Waals surface area (Å²) in [5.41, 5.74) is 1.33. The second kappa shape index (κ2) is 4.64. The monoisotopic (exact) mass is 250 g/mol. The molecule has 0 bridgehead atoms. The number of carbonyl (C=O) groups excluding carboxylic acids is 1. The molecule has 0 saturated heterocycles. The molecule has 18 heavy (non-hydrogen) atoms. The number of benzene rings is 2. The van der Waals surface area contributed by atoms with Crippen LogP contribution in [0.2, 0.25) is 0 Å². The molecule has 0 N–H and O–H groups in total. The van der Waals surface area contributed by atoms with Gasteiger partial charge in [-0.05, 0) is 36.2 Å². The zero-order valence-corrected chi connectivity index (χ0v) is 9.51. The molecule has 0 aliphatic heterocycles. The van der Waals surface area contributed by atoms with Gasteiger partial charge >= 0.3 is 0 Å². The van der Waals surface area contributed by atoms with Gasteiger partial charge < -0.3 is 0 Å².